The molecule has 2 amide bonds. The molecule has 3 rings (SSSR count). The maximum absolute atomic E-state index is 12.6. The van der Waals surface area contributed by atoms with E-state index < -0.39 is 12.0 Å². The average Bonchev–Trinajstić information content (AvgIpc) is 2.99. The van der Waals surface area contributed by atoms with Crippen molar-refractivity contribution < 1.29 is 14.7 Å². The molecular formula is C14H21N5O3. The molecule has 3 atom stereocenters. The molecule has 1 aromatic rings. The lowest BCUT2D eigenvalue weighted by Crippen LogP contribution is -2.40. The molecule has 8 heteroatoms. The maximum atomic E-state index is 12.6. The summed E-state index contributed by atoms with van der Waals surface area (Å²) in [6, 6.07) is -0.339. The van der Waals surface area contributed by atoms with E-state index in [1.54, 1.807) is 16.6 Å². The van der Waals surface area contributed by atoms with E-state index in [2.05, 4.69) is 5.10 Å². The van der Waals surface area contributed by atoms with Crippen LogP contribution in [0.25, 0.3) is 0 Å². The van der Waals surface area contributed by atoms with Crippen LogP contribution in [0, 0.1) is 5.92 Å². The third kappa shape index (κ3) is 2.38. The van der Waals surface area contributed by atoms with Gasteiger partial charge in [0.15, 0.2) is 5.69 Å². The molecule has 2 heterocycles. The van der Waals surface area contributed by atoms with E-state index in [1.807, 2.05) is 0 Å². The zero-order chi connectivity index (χ0) is 16.0. The van der Waals surface area contributed by atoms with E-state index in [9.17, 15) is 14.7 Å². The number of primary amides is 1. The molecule has 22 heavy (non-hydrogen) atoms. The van der Waals surface area contributed by atoms with Gasteiger partial charge in [-0.15, -0.1) is 0 Å². The first-order valence-electron chi connectivity index (χ1n) is 7.45. The lowest BCUT2D eigenvalue weighted by Gasteiger charge is -2.29. The van der Waals surface area contributed by atoms with Gasteiger partial charge < -0.3 is 21.5 Å². The number of aliphatic hydroxyl groups is 1. The van der Waals surface area contributed by atoms with Gasteiger partial charge in [0.05, 0.1) is 6.10 Å². The van der Waals surface area contributed by atoms with Crippen molar-refractivity contribution in [2.45, 2.75) is 38.0 Å². The van der Waals surface area contributed by atoms with Crippen LogP contribution in [0.5, 0.6) is 0 Å². The number of hydrogen-bond acceptors (Lipinski definition) is 5. The quantitative estimate of drug-likeness (QED) is 0.613. The van der Waals surface area contributed by atoms with Crippen LogP contribution in [0.2, 0.25) is 0 Å². The second-order valence-electron chi connectivity index (χ2n) is 6.17. The molecule has 0 radical (unpaired) electrons. The van der Waals surface area contributed by atoms with E-state index in [0.717, 1.165) is 11.3 Å². The fourth-order valence-electron chi connectivity index (χ4n) is 3.49. The molecule has 1 fully saturated rings. The summed E-state index contributed by atoms with van der Waals surface area (Å²) in [5, 5.41) is 13.9. The van der Waals surface area contributed by atoms with Crippen LogP contribution >= 0.6 is 0 Å². The standard InChI is InChI=1S/C14H21N5O3/c1-18-10-2-3-19(6-8(10)12(17-18)13(16)21)14(22)7-4-9(15)11(20)5-7/h7,9,11,20H,2-6,15H2,1H3,(H2,16,21)/t7-,9+,11+/m0/s1. The van der Waals surface area contributed by atoms with Gasteiger partial charge >= 0.3 is 0 Å². The van der Waals surface area contributed by atoms with Crippen molar-refractivity contribution in [3.63, 3.8) is 0 Å². The number of hydrogen-bond donors (Lipinski definition) is 3. The highest BCUT2D eigenvalue weighted by molar-refractivity contribution is 5.93. The van der Waals surface area contributed by atoms with Gasteiger partial charge in [0.1, 0.15) is 0 Å². The maximum Gasteiger partial charge on any atom is 0.269 e. The number of aliphatic hydroxyl groups excluding tert-OH is 1. The molecule has 1 aromatic heterocycles. The predicted octanol–water partition coefficient (Wildman–Crippen LogP) is -1.50. The first-order valence-corrected chi connectivity index (χ1v) is 7.45. The zero-order valence-electron chi connectivity index (χ0n) is 12.5. The molecule has 1 saturated carbocycles. The minimum absolute atomic E-state index is 0.0167. The summed E-state index contributed by atoms with van der Waals surface area (Å²) in [6.45, 7) is 0.910. The molecule has 1 aliphatic carbocycles. The van der Waals surface area contributed by atoms with Crippen LogP contribution in [-0.2, 0) is 24.8 Å². The molecule has 8 nitrogen and oxygen atoms in total. The largest absolute Gasteiger partial charge is 0.391 e. The zero-order valence-corrected chi connectivity index (χ0v) is 12.5. The number of fused-ring (bicyclic) bond motifs is 1. The molecule has 0 aromatic carbocycles. The third-order valence-corrected chi connectivity index (χ3v) is 4.71. The van der Waals surface area contributed by atoms with Crippen molar-refractivity contribution in [3.05, 3.63) is 17.0 Å². The van der Waals surface area contributed by atoms with Gasteiger partial charge in [0.2, 0.25) is 5.91 Å². The Morgan fingerprint density at radius 3 is 2.68 bits per heavy atom. The fraction of sp³-hybridized carbons (Fsp3) is 0.643. The first kappa shape index (κ1) is 15.0. The minimum atomic E-state index is -0.617. The van der Waals surface area contributed by atoms with Gasteiger partial charge in [0, 0.05) is 49.8 Å². The van der Waals surface area contributed by atoms with Crippen molar-refractivity contribution in [1.29, 1.82) is 0 Å². The van der Waals surface area contributed by atoms with Gasteiger partial charge in [-0.2, -0.15) is 5.10 Å². The number of nitrogens with two attached hydrogens (primary N) is 2. The summed E-state index contributed by atoms with van der Waals surface area (Å²) in [6.07, 6.45) is 0.922. The van der Waals surface area contributed by atoms with E-state index >= 15 is 0 Å². The smallest absolute Gasteiger partial charge is 0.269 e. The predicted molar refractivity (Wildman–Crippen MR) is 77.6 cm³/mol. The summed E-state index contributed by atoms with van der Waals surface area (Å²) in [4.78, 5) is 25.8. The second-order valence-corrected chi connectivity index (χ2v) is 6.17. The second kappa shape index (κ2) is 5.36. The molecule has 0 unspecified atom stereocenters. The van der Waals surface area contributed by atoms with Gasteiger partial charge in [-0.3, -0.25) is 14.3 Å². The summed E-state index contributed by atoms with van der Waals surface area (Å²) in [7, 11) is 1.77. The number of aryl methyl sites for hydroxylation is 1. The van der Waals surface area contributed by atoms with Crippen LogP contribution < -0.4 is 11.5 Å². The topological polar surface area (TPSA) is 127 Å². The number of aromatic nitrogens is 2. The highest BCUT2D eigenvalue weighted by Gasteiger charge is 2.38. The molecule has 5 N–H and O–H groups in total. The van der Waals surface area contributed by atoms with Crippen LogP contribution in [0.1, 0.15) is 34.6 Å². The van der Waals surface area contributed by atoms with Crippen LogP contribution in [0.4, 0.5) is 0 Å². The van der Waals surface area contributed by atoms with E-state index in [4.69, 9.17) is 11.5 Å². The molecule has 2 aliphatic rings. The van der Waals surface area contributed by atoms with E-state index in [1.165, 1.54) is 0 Å². The summed E-state index contributed by atoms with van der Waals surface area (Å²) in [5.74, 6) is -0.846. The third-order valence-electron chi connectivity index (χ3n) is 4.71. The number of carbonyl (C=O) groups excluding carboxylic acids is 2. The molecule has 120 valence electrons. The number of amides is 2. The number of rotatable bonds is 2. The Balaban J connectivity index is 1.79. The summed E-state index contributed by atoms with van der Waals surface area (Å²) in [5.41, 5.74) is 13.1. The Morgan fingerprint density at radius 2 is 2.09 bits per heavy atom. The fourth-order valence-corrected chi connectivity index (χ4v) is 3.49. The SMILES string of the molecule is Cn1nc(C(N)=O)c2c1CCN(C(=O)[C@H]1C[C@@H](N)[C@H](O)C1)C2. The van der Waals surface area contributed by atoms with Crippen molar-refractivity contribution in [3.8, 4) is 0 Å². The molecule has 1 aliphatic heterocycles. The van der Waals surface area contributed by atoms with Gasteiger partial charge in [-0.1, -0.05) is 0 Å². The van der Waals surface area contributed by atoms with Crippen molar-refractivity contribution in [2.75, 3.05) is 6.54 Å². The van der Waals surface area contributed by atoms with Crippen LogP contribution in [-0.4, -0.2) is 50.3 Å². The average molecular weight is 307 g/mol. The molecular weight excluding hydrogens is 286 g/mol. The van der Waals surface area contributed by atoms with Gasteiger partial charge in [-0.05, 0) is 12.8 Å². The Labute approximate surface area is 128 Å². The molecule has 0 spiro atoms. The Bertz CT molecular complexity index is 616. The van der Waals surface area contributed by atoms with Gasteiger partial charge in [0.25, 0.3) is 5.91 Å². The summed E-state index contributed by atoms with van der Waals surface area (Å²) < 4.78 is 1.66. The lowest BCUT2D eigenvalue weighted by molar-refractivity contribution is -0.136. The molecule has 0 bridgehead atoms. The van der Waals surface area contributed by atoms with E-state index in [0.29, 0.717) is 32.4 Å². The van der Waals surface area contributed by atoms with Crippen LogP contribution in [0.3, 0.4) is 0 Å². The monoisotopic (exact) mass is 307 g/mol. The Morgan fingerprint density at radius 1 is 1.36 bits per heavy atom. The van der Waals surface area contributed by atoms with Crippen molar-refractivity contribution in [2.24, 2.45) is 24.4 Å². The Hall–Kier alpha value is -1.93. The minimum Gasteiger partial charge on any atom is -0.391 e. The molecule has 0 saturated heterocycles. The van der Waals surface area contributed by atoms with Gasteiger partial charge in [-0.25, -0.2) is 0 Å². The van der Waals surface area contributed by atoms with Crippen LogP contribution in [0.15, 0.2) is 0 Å². The number of carbonyl (C=O) groups is 2. The normalized spacial score (nSPS) is 27.8. The van der Waals surface area contributed by atoms with Crippen molar-refractivity contribution in [1.82, 2.24) is 14.7 Å². The highest BCUT2D eigenvalue weighted by atomic mass is 16.3. The first-order chi connectivity index (χ1) is 10.4. The summed E-state index contributed by atoms with van der Waals surface area (Å²) >= 11 is 0. The van der Waals surface area contributed by atoms with E-state index in [-0.39, 0.29) is 23.6 Å². The lowest BCUT2D eigenvalue weighted by atomic mass is 10.0. The van der Waals surface area contributed by atoms with Crippen molar-refractivity contribution >= 4 is 11.8 Å². The number of nitrogens with zero attached hydrogens (tertiary/aromatic N) is 3. The highest BCUT2D eigenvalue weighted by Crippen LogP contribution is 2.29. The Kier molecular flexibility index (Phi) is 3.65.